The van der Waals surface area contributed by atoms with Gasteiger partial charge >= 0.3 is 0 Å². The molecule has 3 radical (unpaired) electrons. The molecule has 0 heterocycles. The number of hydrogen-bond donors (Lipinski definition) is 4. The molecule has 0 saturated heterocycles. The van der Waals surface area contributed by atoms with Crippen LogP contribution in [0.5, 0.6) is 0 Å². The van der Waals surface area contributed by atoms with E-state index in [1.54, 1.807) is 0 Å². The monoisotopic (exact) mass is 503 g/mol. The van der Waals surface area contributed by atoms with Crippen molar-refractivity contribution in [2.45, 2.75) is 77.7 Å². The van der Waals surface area contributed by atoms with Crippen LogP contribution in [-0.4, -0.2) is 0 Å². The zero-order chi connectivity index (χ0) is 6.71. The summed E-state index contributed by atoms with van der Waals surface area (Å²) in [5, 5.41) is 0. The van der Waals surface area contributed by atoms with E-state index in [2.05, 4.69) is 13.8 Å². The molecule has 0 unspecified atom stereocenters. The summed E-state index contributed by atoms with van der Waals surface area (Å²) in [5.41, 5.74) is 0. The molecule has 0 rings (SSSR count). The topological polar surface area (TPSA) is 140 Å². The van der Waals surface area contributed by atoms with Crippen molar-refractivity contribution in [3.05, 3.63) is 0 Å². The molecule has 121 valence electrons. The average molecular weight is 503 g/mol. The molecule has 0 bridgehead atoms. The van der Waals surface area contributed by atoms with Gasteiger partial charge < -0.3 is 24.6 Å². The van der Waals surface area contributed by atoms with Crippen molar-refractivity contribution < 1.29 is 98.1 Å². The van der Waals surface area contributed by atoms with Gasteiger partial charge in [-0.25, -0.2) is 0 Å². The first-order chi connectivity index (χ1) is 3.41. The van der Waals surface area contributed by atoms with Crippen LogP contribution < -0.4 is 24.6 Å². The van der Waals surface area contributed by atoms with Crippen LogP contribution >= 0.6 is 0 Å². The summed E-state index contributed by atoms with van der Waals surface area (Å²) in [4.78, 5) is 0. The second-order valence-electron chi connectivity index (χ2n) is 0.707. The molecular formula is C11H48N4Y3. The predicted molar refractivity (Wildman–Crippen MR) is 85.7 cm³/mol. The van der Waals surface area contributed by atoms with Crippen LogP contribution in [-0.2, 0) is 98.1 Å². The first kappa shape index (κ1) is 168. The van der Waals surface area contributed by atoms with Gasteiger partial charge in [-0.2, -0.15) is 0 Å². The average Bonchev–Trinajstić information content (AvgIpc) is 1.78. The standard InChI is InChI=1S/C3H8.2C2H6.4CH4.4H3N.3Y/c1-3-2;2*1-2;;;;;;;;;;;/h3H2,1-2H3;2*1-2H3;4*1H4;4*1H3;;;. The predicted octanol–water partition coefficient (Wildman–Crippen LogP) is 6.65. The van der Waals surface area contributed by atoms with E-state index in [0.717, 1.165) is 0 Å². The van der Waals surface area contributed by atoms with E-state index in [9.17, 15) is 0 Å². The van der Waals surface area contributed by atoms with Gasteiger partial charge in [0.25, 0.3) is 0 Å². The Morgan fingerprint density at radius 2 is 0.444 bits per heavy atom. The fourth-order valence-corrected chi connectivity index (χ4v) is 0. The summed E-state index contributed by atoms with van der Waals surface area (Å²) >= 11 is 0. The third-order valence-corrected chi connectivity index (χ3v) is 0. The van der Waals surface area contributed by atoms with Crippen LogP contribution in [0.4, 0.5) is 0 Å². The van der Waals surface area contributed by atoms with Gasteiger partial charge in [0.2, 0.25) is 0 Å². The maximum atomic E-state index is 2.12. The zero-order valence-corrected chi connectivity index (χ0v) is 19.8. The Balaban J connectivity index is -0.000000000861. The molecule has 18 heavy (non-hydrogen) atoms. The van der Waals surface area contributed by atoms with Crippen molar-refractivity contribution in [3.63, 3.8) is 0 Å². The molecule has 7 heteroatoms. The molecule has 0 amide bonds. The molecule has 0 aromatic heterocycles. The summed E-state index contributed by atoms with van der Waals surface area (Å²) in [6.45, 7) is 12.2. The van der Waals surface area contributed by atoms with E-state index in [-0.39, 0.29) is 152 Å². The van der Waals surface area contributed by atoms with Crippen LogP contribution in [0.25, 0.3) is 0 Å². The van der Waals surface area contributed by atoms with Crippen molar-refractivity contribution in [2.24, 2.45) is 0 Å². The Labute approximate surface area is 197 Å². The smallest absolute Gasteiger partial charge is 0 e. The van der Waals surface area contributed by atoms with Crippen LogP contribution in [0.1, 0.15) is 77.7 Å². The minimum Gasteiger partial charge on any atom is -0.344 e. The Kier molecular flexibility index (Phi) is 4000. The normalized spacial score (nSPS) is 1.67. The molecule has 0 aromatic carbocycles. The van der Waals surface area contributed by atoms with Gasteiger partial charge in [-0.05, 0) is 0 Å². The third-order valence-electron chi connectivity index (χ3n) is 0. The first-order valence-electron chi connectivity index (χ1n) is 3.41. The van der Waals surface area contributed by atoms with Crippen molar-refractivity contribution in [1.29, 1.82) is 0 Å². The van der Waals surface area contributed by atoms with E-state index in [1.165, 1.54) is 6.42 Å². The Hall–Kier alpha value is 3.15. The summed E-state index contributed by atoms with van der Waals surface area (Å²) in [7, 11) is 0. The molecule has 0 saturated carbocycles. The van der Waals surface area contributed by atoms with Crippen molar-refractivity contribution >= 4 is 0 Å². The Bertz CT molecular complexity index is 24.3. The quantitative estimate of drug-likeness (QED) is 0.294. The summed E-state index contributed by atoms with van der Waals surface area (Å²) in [5.74, 6) is 0. The van der Waals surface area contributed by atoms with Crippen molar-refractivity contribution in [2.75, 3.05) is 0 Å². The molecule has 4 nitrogen and oxygen atoms in total. The van der Waals surface area contributed by atoms with Gasteiger partial charge in [0.1, 0.15) is 0 Å². The molecule has 0 aliphatic rings. The van der Waals surface area contributed by atoms with Crippen LogP contribution in [0.2, 0.25) is 0 Å². The largest absolute Gasteiger partial charge is 0.344 e. The molecule has 0 aliphatic carbocycles. The minimum absolute atomic E-state index is 0. The molecule has 12 N–H and O–H groups in total. The van der Waals surface area contributed by atoms with Gasteiger partial charge in [0.05, 0.1) is 0 Å². The molecule has 0 atom stereocenters. The second kappa shape index (κ2) is 429. The van der Waals surface area contributed by atoms with Gasteiger partial charge in [0.15, 0.2) is 0 Å². The van der Waals surface area contributed by atoms with Crippen LogP contribution in [0.15, 0.2) is 0 Å². The Morgan fingerprint density at radius 3 is 0.444 bits per heavy atom. The summed E-state index contributed by atoms with van der Waals surface area (Å²) in [6.07, 6.45) is 1.25. The summed E-state index contributed by atoms with van der Waals surface area (Å²) in [6, 6.07) is 0. The Morgan fingerprint density at radius 1 is 0.444 bits per heavy atom. The van der Waals surface area contributed by atoms with E-state index in [0.29, 0.717) is 0 Å². The van der Waals surface area contributed by atoms with Crippen molar-refractivity contribution in [1.82, 2.24) is 24.6 Å². The van der Waals surface area contributed by atoms with Gasteiger partial charge in [-0.15, -0.1) is 0 Å². The fourth-order valence-electron chi connectivity index (χ4n) is 0. The molecule has 0 fully saturated rings. The van der Waals surface area contributed by atoms with Crippen LogP contribution in [0.3, 0.4) is 0 Å². The van der Waals surface area contributed by atoms with E-state index >= 15 is 0 Å². The van der Waals surface area contributed by atoms with E-state index in [4.69, 9.17) is 0 Å². The summed E-state index contributed by atoms with van der Waals surface area (Å²) < 4.78 is 0. The minimum atomic E-state index is 0. The SMILES string of the molecule is C.C.C.C.CC.CC.CCC.N.N.N.N.[Y].[Y].[Y]. The molecular weight excluding hydrogens is 455 g/mol. The molecule has 0 aromatic rings. The van der Waals surface area contributed by atoms with E-state index in [1.807, 2.05) is 27.7 Å². The fraction of sp³-hybridized carbons (Fsp3) is 1.00. The van der Waals surface area contributed by atoms with Crippen LogP contribution in [0, 0.1) is 0 Å². The van der Waals surface area contributed by atoms with Crippen molar-refractivity contribution in [3.8, 4) is 0 Å². The third kappa shape index (κ3) is 635. The number of hydrogen-bond acceptors (Lipinski definition) is 4. The zero-order valence-electron chi connectivity index (χ0n) is 11.3. The maximum Gasteiger partial charge on any atom is 0 e. The number of rotatable bonds is 0. The van der Waals surface area contributed by atoms with Gasteiger partial charge in [0, 0.05) is 98.1 Å². The van der Waals surface area contributed by atoms with Gasteiger partial charge in [-0.1, -0.05) is 77.7 Å². The van der Waals surface area contributed by atoms with Gasteiger partial charge in [-0.3, -0.25) is 0 Å². The molecule has 0 spiro atoms. The second-order valence-corrected chi connectivity index (χ2v) is 0.707. The maximum absolute atomic E-state index is 2.12. The molecule has 0 aliphatic heterocycles. The first-order valence-corrected chi connectivity index (χ1v) is 3.41. The van der Waals surface area contributed by atoms with E-state index < -0.39 is 0 Å².